The topological polar surface area (TPSA) is 32.5 Å². The van der Waals surface area contributed by atoms with E-state index in [2.05, 4.69) is 28.0 Å². The Bertz CT molecular complexity index is 475. The molecule has 2 fully saturated rings. The van der Waals surface area contributed by atoms with Crippen molar-refractivity contribution < 1.29 is 0 Å². The quantitative estimate of drug-likeness (QED) is 0.929. The van der Waals surface area contributed by atoms with Gasteiger partial charge >= 0.3 is 0 Å². The lowest BCUT2D eigenvalue weighted by Crippen LogP contribution is -2.50. The van der Waals surface area contributed by atoms with Crippen LogP contribution >= 0.6 is 11.6 Å². The molecule has 2 heterocycles. The van der Waals surface area contributed by atoms with Gasteiger partial charge in [-0.05, 0) is 50.4 Å². The highest BCUT2D eigenvalue weighted by Gasteiger charge is 2.31. The third kappa shape index (κ3) is 2.95. The average molecular weight is 294 g/mol. The number of piperazine rings is 1. The molecule has 2 saturated heterocycles. The zero-order valence-electron chi connectivity index (χ0n) is 12.2. The second-order valence-electron chi connectivity index (χ2n) is 6.25. The van der Waals surface area contributed by atoms with Gasteiger partial charge < -0.3 is 10.6 Å². The number of halogens is 1. The van der Waals surface area contributed by atoms with E-state index in [0.717, 1.165) is 30.6 Å². The lowest BCUT2D eigenvalue weighted by molar-refractivity contribution is 0.231. The molecule has 0 aliphatic carbocycles. The highest BCUT2D eigenvalue weighted by Crippen LogP contribution is 2.31. The fourth-order valence-corrected chi connectivity index (χ4v) is 3.84. The summed E-state index contributed by atoms with van der Waals surface area (Å²) in [7, 11) is 0. The summed E-state index contributed by atoms with van der Waals surface area (Å²) in [4.78, 5) is 5.07. The predicted molar refractivity (Wildman–Crippen MR) is 85.6 cm³/mol. The molecular weight excluding hydrogens is 270 g/mol. The van der Waals surface area contributed by atoms with Crippen LogP contribution in [0, 0.1) is 0 Å². The monoisotopic (exact) mass is 293 g/mol. The average Bonchev–Trinajstić information content (AvgIpc) is 2.85. The Balaban J connectivity index is 1.73. The van der Waals surface area contributed by atoms with Gasteiger partial charge in [0.2, 0.25) is 0 Å². The summed E-state index contributed by atoms with van der Waals surface area (Å²) in [5, 5.41) is 0.870. The fourth-order valence-electron chi connectivity index (χ4n) is 3.52. The number of nitrogens with zero attached hydrogens (tertiary/aromatic N) is 2. The van der Waals surface area contributed by atoms with Gasteiger partial charge in [0, 0.05) is 31.7 Å². The molecule has 0 amide bonds. The minimum Gasteiger partial charge on any atom is -0.367 e. The summed E-state index contributed by atoms with van der Waals surface area (Å²) in [5.74, 6) is 0. The van der Waals surface area contributed by atoms with E-state index in [0.29, 0.717) is 0 Å². The smallest absolute Gasteiger partial charge is 0.0642 e. The second-order valence-corrected chi connectivity index (χ2v) is 6.65. The summed E-state index contributed by atoms with van der Waals surface area (Å²) in [6, 6.07) is 7.33. The summed E-state index contributed by atoms with van der Waals surface area (Å²) < 4.78 is 0. The van der Waals surface area contributed by atoms with Crippen LogP contribution in [0.1, 0.15) is 25.3 Å². The second kappa shape index (κ2) is 5.92. The van der Waals surface area contributed by atoms with Crippen LogP contribution in [0.2, 0.25) is 5.02 Å². The summed E-state index contributed by atoms with van der Waals surface area (Å²) in [6.07, 6.45) is 3.56. The van der Waals surface area contributed by atoms with Crippen molar-refractivity contribution in [3.63, 3.8) is 0 Å². The number of benzene rings is 1. The van der Waals surface area contributed by atoms with Gasteiger partial charge in [0.15, 0.2) is 0 Å². The molecular formula is C16H24ClN3. The number of hydrogen-bond acceptors (Lipinski definition) is 3. The van der Waals surface area contributed by atoms with Crippen LogP contribution in [0.15, 0.2) is 18.2 Å². The van der Waals surface area contributed by atoms with Crippen LogP contribution in [0.3, 0.4) is 0 Å². The van der Waals surface area contributed by atoms with E-state index in [1.807, 2.05) is 6.92 Å². The van der Waals surface area contributed by atoms with Gasteiger partial charge in [-0.1, -0.05) is 17.7 Å². The molecule has 3 nitrogen and oxygen atoms in total. The fraction of sp³-hybridized carbons (Fsp3) is 0.625. The van der Waals surface area contributed by atoms with Crippen molar-refractivity contribution in [3.8, 4) is 0 Å². The molecule has 20 heavy (non-hydrogen) atoms. The summed E-state index contributed by atoms with van der Waals surface area (Å²) >= 11 is 6.49. The molecule has 2 N–H and O–H groups in total. The number of anilines is 1. The Labute approximate surface area is 126 Å². The first kappa shape index (κ1) is 14.2. The molecule has 1 aromatic carbocycles. The molecule has 0 saturated carbocycles. The molecule has 0 spiro atoms. The van der Waals surface area contributed by atoms with Crippen LogP contribution in [0.25, 0.3) is 0 Å². The van der Waals surface area contributed by atoms with E-state index in [1.165, 1.54) is 37.2 Å². The highest BCUT2D eigenvalue weighted by atomic mass is 35.5. The lowest BCUT2D eigenvalue weighted by atomic mass is 10.1. The Hall–Kier alpha value is -0.770. The van der Waals surface area contributed by atoms with Gasteiger partial charge in [0.05, 0.1) is 10.7 Å². The molecule has 0 aromatic heterocycles. The van der Waals surface area contributed by atoms with Crippen LogP contribution in [0.5, 0.6) is 0 Å². The Morgan fingerprint density at radius 3 is 2.95 bits per heavy atom. The molecule has 2 aliphatic rings. The van der Waals surface area contributed by atoms with Crippen molar-refractivity contribution in [3.05, 3.63) is 28.8 Å². The first-order valence-corrected chi connectivity index (χ1v) is 8.04. The van der Waals surface area contributed by atoms with Gasteiger partial charge in [0.25, 0.3) is 0 Å². The Morgan fingerprint density at radius 1 is 1.35 bits per heavy atom. The third-order valence-electron chi connectivity index (χ3n) is 4.50. The highest BCUT2D eigenvalue weighted by molar-refractivity contribution is 6.33. The number of hydrogen-bond donors (Lipinski definition) is 1. The standard InChI is InChI=1S/C16H24ClN3/c1-12(18)9-13-4-5-16(15(17)10-13)20-8-7-19-6-2-3-14(19)11-20/h4-5,10,12,14H,2-3,6-9,11,18H2,1H3. The molecule has 2 atom stereocenters. The van der Waals surface area contributed by atoms with E-state index >= 15 is 0 Å². The Morgan fingerprint density at radius 2 is 2.20 bits per heavy atom. The van der Waals surface area contributed by atoms with Crippen molar-refractivity contribution in [2.24, 2.45) is 5.73 Å². The third-order valence-corrected chi connectivity index (χ3v) is 4.80. The van der Waals surface area contributed by atoms with E-state index in [9.17, 15) is 0 Å². The zero-order valence-corrected chi connectivity index (χ0v) is 12.9. The molecule has 110 valence electrons. The molecule has 0 bridgehead atoms. The molecule has 1 aromatic rings. The van der Waals surface area contributed by atoms with E-state index in [-0.39, 0.29) is 6.04 Å². The summed E-state index contributed by atoms with van der Waals surface area (Å²) in [5.41, 5.74) is 8.27. The molecule has 0 radical (unpaired) electrons. The number of fused-ring (bicyclic) bond motifs is 1. The van der Waals surface area contributed by atoms with E-state index in [1.54, 1.807) is 0 Å². The van der Waals surface area contributed by atoms with Crippen molar-refractivity contribution in [1.29, 1.82) is 0 Å². The maximum atomic E-state index is 6.49. The van der Waals surface area contributed by atoms with Crippen molar-refractivity contribution in [1.82, 2.24) is 4.90 Å². The van der Waals surface area contributed by atoms with Crippen LogP contribution in [0.4, 0.5) is 5.69 Å². The maximum absolute atomic E-state index is 6.49. The molecule has 2 aliphatic heterocycles. The van der Waals surface area contributed by atoms with Gasteiger partial charge in [-0.3, -0.25) is 4.90 Å². The van der Waals surface area contributed by atoms with E-state index < -0.39 is 0 Å². The molecule has 2 unspecified atom stereocenters. The van der Waals surface area contributed by atoms with Crippen molar-refractivity contribution in [2.45, 2.75) is 38.3 Å². The SMILES string of the molecule is CC(N)Cc1ccc(N2CCN3CCCC3C2)c(Cl)c1. The number of rotatable bonds is 3. The molecule has 4 heteroatoms. The largest absolute Gasteiger partial charge is 0.367 e. The predicted octanol–water partition coefficient (Wildman–Crippen LogP) is 2.51. The summed E-state index contributed by atoms with van der Waals surface area (Å²) in [6.45, 7) is 6.68. The Kier molecular flexibility index (Phi) is 4.20. The van der Waals surface area contributed by atoms with Crippen LogP contribution in [-0.4, -0.2) is 43.2 Å². The van der Waals surface area contributed by atoms with Gasteiger partial charge in [-0.15, -0.1) is 0 Å². The maximum Gasteiger partial charge on any atom is 0.0642 e. The number of nitrogens with two attached hydrogens (primary N) is 1. The van der Waals surface area contributed by atoms with Gasteiger partial charge in [-0.25, -0.2) is 0 Å². The van der Waals surface area contributed by atoms with Gasteiger partial charge in [0.1, 0.15) is 0 Å². The van der Waals surface area contributed by atoms with Crippen LogP contribution in [-0.2, 0) is 6.42 Å². The zero-order chi connectivity index (χ0) is 14.1. The van der Waals surface area contributed by atoms with Crippen molar-refractivity contribution in [2.75, 3.05) is 31.1 Å². The van der Waals surface area contributed by atoms with Crippen LogP contribution < -0.4 is 10.6 Å². The van der Waals surface area contributed by atoms with Gasteiger partial charge in [-0.2, -0.15) is 0 Å². The first-order chi connectivity index (χ1) is 9.63. The minimum absolute atomic E-state index is 0.180. The van der Waals surface area contributed by atoms with Crippen molar-refractivity contribution >= 4 is 17.3 Å². The lowest BCUT2D eigenvalue weighted by Gasteiger charge is -2.39. The van der Waals surface area contributed by atoms with E-state index in [4.69, 9.17) is 17.3 Å². The molecule has 3 rings (SSSR count). The minimum atomic E-state index is 0.180. The first-order valence-electron chi connectivity index (χ1n) is 7.66. The normalized spacial score (nSPS) is 24.8.